The average molecular weight is 441 g/mol. The van der Waals surface area contributed by atoms with Gasteiger partial charge in [-0.25, -0.2) is 0 Å². The van der Waals surface area contributed by atoms with Gasteiger partial charge in [-0.1, -0.05) is 41.4 Å². The number of carbonyl (C=O) groups excluding carboxylic acids is 1. The number of fused-ring (bicyclic) bond motifs is 1. The van der Waals surface area contributed by atoms with Crippen molar-refractivity contribution in [3.8, 4) is 11.4 Å². The summed E-state index contributed by atoms with van der Waals surface area (Å²) in [6, 6.07) is 18.2. The molecule has 1 aromatic heterocycles. The van der Waals surface area contributed by atoms with E-state index in [1.807, 2.05) is 43.3 Å². The zero-order valence-electron chi connectivity index (χ0n) is 16.3. The molecule has 0 radical (unpaired) electrons. The van der Waals surface area contributed by atoms with E-state index in [1.54, 1.807) is 36.0 Å². The van der Waals surface area contributed by atoms with Crippen LogP contribution in [0, 0.1) is 6.92 Å². The van der Waals surface area contributed by atoms with Gasteiger partial charge in [-0.05, 0) is 61.9 Å². The SMILES string of the molecule is Cc1cc2nn(-c3ccccc3)nc2cc1NC(=O)[C@@H](C)Oc1ccc(Cl)cc1Cl. The van der Waals surface area contributed by atoms with Crippen molar-refractivity contribution < 1.29 is 9.53 Å². The summed E-state index contributed by atoms with van der Waals surface area (Å²) in [5, 5.41) is 12.8. The number of carbonyl (C=O) groups is 1. The number of hydrogen-bond donors (Lipinski definition) is 1. The molecule has 0 aliphatic heterocycles. The van der Waals surface area contributed by atoms with Crippen LogP contribution in [0.15, 0.2) is 60.7 Å². The molecule has 1 amide bonds. The van der Waals surface area contributed by atoms with Crippen LogP contribution in [0.4, 0.5) is 5.69 Å². The fourth-order valence-corrected chi connectivity index (χ4v) is 3.38. The van der Waals surface area contributed by atoms with Crippen LogP contribution in [0.3, 0.4) is 0 Å². The minimum atomic E-state index is -0.765. The fourth-order valence-electron chi connectivity index (χ4n) is 2.93. The van der Waals surface area contributed by atoms with Crippen LogP contribution in [0.1, 0.15) is 12.5 Å². The van der Waals surface area contributed by atoms with Gasteiger partial charge in [-0.3, -0.25) is 4.79 Å². The number of halogens is 2. The maximum absolute atomic E-state index is 12.7. The van der Waals surface area contributed by atoms with Crippen molar-refractivity contribution in [1.82, 2.24) is 15.0 Å². The van der Waals surface area contributed by atoms with Gasteiger partial charge < -0.3 is 10.1 Å². The average Bonchev–Trinajstić information content (AvgIpc) is 3.13. The van der Waals surface area contributed by atoms with E-state index in [2.05, 4.69) is 15.5 Å². The van der Waals surface area contributed by atoms with Crippen LogP contribution in [0.5, 0.6) is 5.75 Å². The van der Waals surface area contributed by atoms with Gasteiger partial charge in [0, 0.05) is 10.7 Å². The number of amides is 1. The molecule has 4 rings (SSSR count). The molecule has 3 aromatic carbocycles. The van der Waals surface area contributed by atoms with Gasteiger partial charge in [-0.2, -0.15) is 4.80 Å². The highest BCUT2D eigenvalue weighted by Gasteiger charge is 2.18. The van der Waals surface area contributed by atoms with Gasteiger partial charge >= 0.3 is 0 Å². The molecule has 1 N–H and O–H groups in total. The van der Waals surface area contributed by atoms with E-state index < -0.39 is 6.10 Å². The topological polar surface area (TPSA) is 69.0 Å². The smallest absolute Gasteiger partial charge is 0.265 e. The van der Waals surface area contributed by atoms with Crippen molar-refractivity contribution >= 4 is 45.8 Å². The van der Waals surface area contributed by atoms with Crippen molar-refractivity contribution in [3.05, 3.63) is 76.3 Å². The number of para-hydroxylation sites is 1. The van der Waals surface area contributed by atoms with Gasteiger partial charge in [0.2, 0.25) is 0 Å². The van der Waals surface area contributed by atoms with E-state index in [0.29, 0.717) is 27.0 Å². The normalized spacial score (nSPS) is 12.0. The summed E-state index contributed by atoms with van der Waals surface area (Å²) in [5.41, 5.74) is 3.79. The molecule has 0 spiro atoms. The molecule has 0 bridgehead atoms. The van der Waals surface area contributed by atoms with Gasteiger partial charge in [0.05, 0.1) is 10.7 Å². The highest BCUT2D eigenvalue weighted by atomic mass is 35.5. The largest absolute Gasteiger partial charge is 0.479 e. The summed E-state index contributed by atoms with van der Waals surface area (Å²) in [7, 11) is 0. The van der Waals surface area contributed by atoms with Crippen LogP contribution in [0.25, 0.3) is 16.7 Å². The molecule has 0 saturated carbocycles. The van der Waals surface area contributed by atoms with Crippen molar-refractivity contribution in [2.75, 3.05) is 5.32 Å². The Morgan fingerprint density at radius 2 is 1.73 bits per heavy atom. The maximum Gasteiger partial charge on any atom is 0.265 e. The molecule has 152 valence electrons. The van der Waals surface area contributed by atoms with Crippen LogP contribution in [-0.4, -0.2) is 27.0 Å². The number of aromatic nitrogens is 3. The van der Waals surface area contributed by atoms with E-state index in [-0.39, 0.29) is 5.91 Å². The molecule has 6 nitrogen and oxygen atoms in total. The highest BCUT2D eigenvalue weighted by molar-refractivity contribution is 6.35. The lowest BCUT2D eigenvalue weighted by Crippen LogP contribution is -2.30. The minimum Gasteiger partial charge on any atom is -0.479 e. The number of rotatable bonds is 5. The molecule has 1 atom stereocenters. The fraction of sp³-hybridized carbons (Fsp3) is 0.136. The lowest BCUT2D eigenvalue weighted by atomic mass is 10.1. The number of nitrogens with one attached hydrogen (secondary N) is 1. The van der Waals surface area contributed by atoms with Crippen LogP contribution >= 0.6 is 23.2 Å². The Labute approximate surface area is 183 Å². The standard InChI is InChI=1S/C22H18Cl2N4O2/c1-13-10-19-20(27-28(26-19)16-6-4-3-5-7-16)12-18(13)25-22(29)14(2)30-21-9-8-15(23)11-17(21)24/h3-12,14H,1-2H3,(H,25,29)/t14-/m1/s1. The second-order valence-corrected chi connectivity index (χ2v) is 7.65. The second-order valence-electron chi connectivity index (χ2n) is 6.80. The third-order valence-electron chi connectivity index (χ3n) is 4.54. The molecule has 0 saturated heterocycles. The van der Waals surface area contributed by atoms with Gasteiger partial charge in [0.1, 0.15) is 16.8 Å². The number of benzene rings is 3. The molecule has 8 heteroatoms. The first-order valence-electron chi connectivity index (χ1n) is 9.26. The molecule has 30 heavy (non-hydrogen) atoms. The van der Waals surface area contributed by atoms with Crippen molar-refractivity contribution in [3.63, 3.8) is 0 Å². The van der Waals surface area contributed by atoms with E-state index in [9.17, 15) is 4.79 Å². The van der Waals surface area contributed by atoms with Crippen LogP contribution in [0.2, 0.25) is 10.0 Å². The number of hydrogen-bond acceptors (Lipinski definition) is 4. The summed E-state index contributed by atoms with van der Waals surface area (Å²) >= 11 is 12.0. The quantitative estimate of drug-likeness (QED) is 0.448. The Morgan fingerprint density at radius 1 is 1.03 bits per heavy atom. The summed E-state index contributed by atoms with van der Waals surface area (Å²) in [5.74, 6) is 0.0839. The van der Waals surface area contributed by atoms with Crippen LogP contribution < -0.4 is 10.1 Å². The van der Waals surface area contributed by atoms with Crippen molar-refractivity contribution in [1.29, 1.82) is 0 Å². The zero-order chi connectivity index (χ0) is 21.3. The molecule has 0 aliphatic carbocycles. The highest BCUT2D eigenvalue weighted by Crippen LogP contribution is 2.29. The molecule has 0 aliphatic rings. The third-order valence-corrected chi connectivity index (χ3v) is 5.07. The molecule has 0 unspecified atom stereocenters. The Kier molecular flexibility index (Phi) is 5.61. The van der Waals surface area contributed by atoms with E-state index in [0.717, 1.165) is 16.8 Å². The van der Waals surface area contributed by atoms with E-state index in [1.165, 1.54) is 0 Å². The van der Waals surface area contributed by atoms with Crippen molar-refractivity contribution in [2.45, 2.75) is 20.0 Å². The predicted octanol–water partition coefficient (Wildman–Crippen LogP) is 5.44. The Balaban J connectivity index is 1.53. The summed E-state index contributed by atoms with van der Waals surface area (Å²) in [6.07, 6.45) is -0.765. The predicted molar refractivity (Wildman–Crippen MR) is 119 cm³/mol. The number of anilines is 1. The number of aryl methyl sites for hydroxylation is 1. The van der Waals surface area contributed by atoms with Gasteiger partial charge in [-0.15, -0.1) is 10.2 Å². The van der Waals surface area contributed by atoms with E-state index >= 15 is 0 Å². The Hall–Kier alpha value is -3.09. The molecule has 1 heterocycles. The third kappa shape index (κ3) is 4.25. The number of ether oxygens (including phenoxy) is 1. The first-order chi connectivity index (χ1) is 14.4. The van der Waals surface area contributed by atoms with Crippen molar-refractivity contribution in [2.24, 2.45) is 0 Å². The second kappa shape index (κ2) is 8.34. The minimum absolute atomic E-state index is 0.307. The molecule has 0 fully saturated rings. The monoisotopic (exact) mass is 440 g/mol. The summed E-state index contributed by atoms with van der Waals surface area (Å²) in [4.78, 5) is 14.2. The molecular formula is C22H18Cl2N4O2. The Morgan fingerprint density at radius 3 is 2.43 bits per heavy atom. The first kappa shape index (κ1) is 20.2. The van der Waals surface area contributed by atoms with Gasteiger partial charge in [0.25, 0.3) is 5.91 Å². The van der Waals surface area contributed by atoms with Crippen LogP contribution in [-0.2, 0) is 4.79 Å². The summed E-state index contributed by atoms with van der Waals surface area (Å²) < 4.78 is 5.69. The number of nitrogens with zero attached hydrogens (tertiary/aromatic N) is 3. The van der Waals surface area contributed by atoms with Gasteiger partial charge in [0.15, 0.2) is 6.10 Å². The lowest BCUT2D eigenvalue weighted by Gasteiger charge is -2.16. The maximum atomic E-state index is 12.7. The zero-order valence-corrected chi connectivity index (χ0v) is 17.8. The molecule has 4 aromatic rings. The Bertz CT molecular complexity index is 1220. The first-order valence-corrected chi connectivity index (χ1v) is 10.0. The summed E-state index contributed by atoms with van der Waals surface area (Å²) in [6.45, 7) is 3.55. The lowest BCUT2D eigenvalue weighted by molar-refractivity contribution is -0.122. The van der Waals surface area contributed by atoms with E-state index in [4.69, 9.17) is 27.9 Å². The molecular weight excluding hydrogens is 423 g/mol.